The number of aromatic nitrogens is 1. The Morgan fingerprint density at radius 2 is 1.93 bits per heavy atom. The molecule has 0 radical (unpaired) electrons. The third-order valence-electron chi connectivity index (χ3n) is 4.02. The Hall–Kier alpha value is -3.19. The third kappa shape index (κ3) is 4.04. The Labute approximate surface area is 165 Å². The van der Waals surface area contributed by atoms with Gasteiger partial charge in [-0.2, -0.15) is 0 Å². The van der Waals surface area contributed by atoms with Crippen LogP contribution in [0.25, 0.3) is 11.3 Å². The van der Waals surface area contributed by atoms with Gasteiger partial charge in [0.05, 0.1) is 10.6 Å². The monoisotopic (exact) mass is 402 g/mol. The van der Waals surface area contributed by atoms with E-state index in [9.17, 15) is 14.0 Å². The lowest BCUT2D eigenvalue weighted by atomic mass is 10.1. The Kier molecular flexibility index (Phi) is 5.75. The number of carbonyl (C=O) groups excluding carboxylic acids is 2. The molecular weight excluding hydrogens is 387 g/mol. The third-order valence-corrected chi connectivity index (χ3v) is 4.33. The highest BCUT2D eigenvalue weighted by atomic mass is 35.5. The highest BCUT2D eigenvalue weighted by Crippen LogP contribution is 2.33. The largest absolute Gasteiger partial charge is 0.452 e. The molecule has 0 saturated carbocycles. The van der Waals surface area contributed by atoms with Crippen LogP contribution in [0.1, 0.15) is 21.7 Å². The first-order valence-electron chi connectivity index (χ1n) is 8.31. The number of hydrogen-bond acceptors (Lipinski definition) is 5. The van der Waals surface area contributed by atoms with E-state index < -0.39 is 24.3 Å². The smallest absolute Gasteiger partial charge is 0.344 e. The molecule has 6 nitrogen and oxygen atoms in total. The molecule has 1 amide bonds. The van der Waals surface area contributed by atoms with E-state index in [-0.39, 0.29) is 27.6 Å². The van der Waals surface area contributed by atoms with Crippen LogP contribution in [0.15, 0.2) is 47.0 Å². The van der Waals surface area contributed by atoms with Crippen LogP contribution in [-0.2, 0) is 9.53 Å². The second-order valence-electron chi connectivity index (χ2n) is 6.00. The minimum absolute atomic E-state index is 0.0691. The van der Waals surface area contributed by atoms with Crippen molar-refractivity contribution < 1.29 is 23.2 Å². The van der Waals surface area contributed by atoms with Gasteiger partial charge < -0.3 is 14.6 Å². The van der Waals surface area contributed by atoms with E-state index in [2.05, 4.69) is 10.5 Å². The normalized spacial score (nSPS) is 10.6. The van der Waals surface area contributed by atoms with Crippen LogP contribution >= 0.6 is 11.6 Å². The van der Waals surface area contributed by atoms with Crippen molar-refractivity contribution in [2.45, 2.75) is 13.8 Å². The Balaban J connectivity index is 1.76. The molecule has 144 valence electrons. The molecule has 0 spiro atoms. The second-order valence-corrected chi connectivity index (χ2v) is 6.41. The average Bonchev–Trinajstić information content (AvgIpc) is 3.03. The summed E-state index contributed by atoms with van der Waals surface area (Å²) in [5.74, 6) is -1.92. The number of halogens is 2. The molecule has 0 saturated heterocycles. The molecule has 0 aliphatic heterocycles. The van der Waals surface area contributed by atoms with Crippen molar-refractivity contribution in [2.75, 3.05) is 11.9 Å². The van der Waals surface area contributed by atoms with Crippen molar-refractivity contribution in [3.05, 3.63) is 70.2 Å². The Bertz CT molecular complexity index is 1030. The molecule has 3 aromatic rings. The van der Waals surface area contributed by atoms with Crippen LogP contribution < -0.4 is 5.32 Å². The highest BCUT2D eigenvalue weighted by Gasteiger charge is 2.27. The van der Waals surface area contributed by atoms with E-state index in [1.54, 1.807) is 12.1 Å². The maximum absolute atomic E-state index is 14.2. The molecule has 3 rings (SSSR count). The summed E-state index contributed by atoms with van der Waals surface area (Å²) in [4.78, 5) is 24.6. The molecular formula is C20H16ClFN2O4. The summed E-state index contributed by atoms with van der Waals surface area (Å²) < 4.78 is 24.3. The fourth-order valence-corrected chi connectivity index (χ4v) is 2.86. The van der Waals surface area contributed by atoms with Crippen molar-refractivity contribution in [1.29, 1.82) is 0 Å². The summed E-state index contributed by atoms with van der Waals surface area (Å²) in [5, 5.41) is 6.46. The first kappa shape index (κ1) is 19.6. The molecule has 8 heteroatoms. The topological polar surface area (TPSA) is 81.4 Å². The lowest BCUT2D eigenvalue weighted by molar-refractivity contribution is -0.119. The number of aryl methyl sites for hydroxylation is 2. The molecule has 0 aliphatic rings. The minimum atomic E-state index is -0.868. The van der Waals surface area contributed by atoms with Crippen molar-refractivity contribution in [1.82, 2.24) is 5.16 Å². The van der Waals surface area contributed by atoms with Crippen molar-refractivity contribution in [2.24, 2.45) is 0 Å². The quantitative estimate of drug-likeness (QED) is 0.633. The number of nitrogens with zero attached hydrogens (tertiary/aromatic N) is 1. The van der Waals surface area contributed by atoms with Gasteiger partial charge in [0.25, 0.3) is 5.91 Å². The van der Waals surface area contributed by atoms with Gasteiger partial charge in [-0.25, -0.2) is 9.18 Å². The van der Waals surface area contributed by atoms with E-state index in [1.807, 2.05) is 19.1 Å². The molecule has 0 unspecified atom stereocenters. The Morgan fingerprint density at radius 1 is 1.18 bits per heavy atom. The maximum Gasteiger partial charge on any atom is 0.344 e. The number of nitrogens with one attached hydrogen (secondary N) is 1. The van der Waals surface area contributed by atoms with E-state index in [0.717, 1.165) is 5.56 Å². The summed E-state index contributed by atoms with van der Waals surface area (Å²) in [6.45, 7) is 2.80. The fraction of sp³-hybridized carbons (Fsp3) is 0.150. The van der Waals surface area contributed by atoms with Crippen LogP contribution in [0.4, 0.5) is 10.1 Å². The lowest BCUT2D eigenvalue weighted by Gasteiger charge is -2.09. The van der Waals surface area contributed by atoms with Gasteiger partial charge in [-0.3, -0.25) is 4.79 Å². The van der Waals surface area contributed by atoms with E-state index in [4.69, 9.17) is 20.9 Å². The van der Waals surface area contributed by atoms with Crippen LogP contribution in [0.3, 0.4) is 0 Å². The van der Waals surface area contributed by atoms with Gasteiger partial charge in [0.1, 0.15) is 22.8 Å². The highest BCUT2D eigenvalue weighted by molar-refractivity contribution is 6.33. The van der Waals surface area contributed by atoms with Gasteiger partial charge in [0.2, 0.25) is 0 Å². The summed E-state index contributed by atoms with van der Waals surface area (Å²) in [6, 6.07) is 11.3. The molecule has 1 aromatic heterocycles. The SMILES string of the molecule is Cc1ccccc1NC(=O)COC(=O)c1c(-c2c(F)cccc2Cl)noc1C. The molecule has 28 heavy (non-hydrogen) atoms. The standard InChI is InChI=1S/C20H16ClFN2O4/c1-11-6-3-4-9-15(11)23-16(25)10-27-20(26)17-12(2)28-24-19(17)18-13(21)7-5-8-14(18)22/h3-9H,10H2,1-2H3,(H,23,25). The van der Waals surface area contributed by atoms with Gasteiger partial charge in [-0.05, 0) is 37.6 Å². The molecule has 1 heterocycles. The Morgan fingerprint density at radius 3 is 2.64 bits per heavy atom. The fourth-order valence-electron chi connectivity index (χ4n) is 2.61. The summed E-state index contributed by atoms with van der Waals surface area (Å²) in [7, 11) is 0. The first-order valence-corrected chi connectivity index (χ1v) is 8.69. The molecule has 0 aliphatic carbocycles. The number of rotatable bonds is 5. The molecule has 0 atom stereocenters. The van der Waals surface area contributed by atoms with Gasteiger partial charge in [-0.1, -0.05) is 41.0 Å². The van der Waals surface area contributed by atoms with E-state index in [0.29, 0.717) is 5.69 Å². The molecule has 1 N–H and O–H groups in total. The van der Waals surface area contributed by atoms with Crippen molar-refractivity contribution in [3.63, 3.8) is 0 Å². The average molecular weight is 403 g/mol. The number of anilines is 1. The van der Waals surface area contributed by atoms with Gasteiger partial charge in [-0.15, -0.1) is 0 Å². The zero-order valence-electron chi connectivity index (χ0n) is 15.1. The molecule has 0 fully saturated rings. The number of esters is 1. The zero-order chi connectivity index (χ0) is 20.3. The lowest BCUT2D eigenvalue weighted by Crippen LogP contribution is -2.21. The second kappa shape index (κ2) is 8.22. The van der Waals surface area contributed by atoms with Crippen LogP contribution in [0, 0.1) is 19.7 Å². The zero-order valence-corrected chi connectivity index (χ0v) is 15.8. The van der Waals surface area contributed by atoms with Gasteiger partial charge in [0.15, 0.2) is 6.61 Å². The van der Waals surface area contributed by atoms with Gasteiger partial charge >= 0.3 is 5.97 Å². The predicted octanol–water partition coefficient (Wildman–Crippen LogP) is 4.55. The number of carbonyl (C=O) groups is 2. The maximum atomic E-state index is 14.2. The van der Waals surface area contributed by atoms with E-state index in [1.165, 1.54) is 25.1 Å². The molecule has 0 bridgehead atoms. The number of amides is 1. The number of benzene rings is 2. The van der Waals surface area contributed by atoms with Crippen LogP contribution in [0.5, 0.6) is 0 Å². The van der Waals surface area contributed by atoms with Crippen LogP contribution in [0.2, 0.25) is 5.02 Å². The summed E-state index contributed by atoms with van der Waals surface area (Å²) >= 11 is 6.04. The predicted molar refractivity (Wildman–Crippen MR) is 102 cm³/mol. The van der Waals surface area contributed by atoms with Crippen LogP contribution in [-0.4, -0.2) is 23.6 Å². The van der Waals surface area contributed by atoms with Gasteiger partial charge in [0, 0.05) is 5.69 Å². The number of ether oxygens (including phenoxy) is 1. The number of hydrogen-bond donors (Lipinski definition) is 1. The summed E-state index contributed by atoms with van der Waals surface area (Å²) in [6.07, 6.45) is 0. The minimum Gasteiger partial charge on any atom is -0.452 e. The first-order chi connectivity index (χ1) is 13.4. The van der Waals surface area contributed by atoms with Crippen molar-refractivity contribution in [3.8, 4) is 11.3 Å². The molecule has 2 aromatic carbocycles. The van der Waals surface area contributed by atoms with Crippen molar-refractivity contribution >= 4 is 29.2 Å². The number of para-hydroxylation sites is 1. The summed E-state index contributed by atoms with van der Waals surface area (Å²) in [5.41, 5.74) is 1.25. The van der Waals surface area contributed by atoms with E-state index >= 15 is 0 Å².